The Labute approximate surface area is 169 Å². The van der Waals surface area contributed by atoms with Gasteiger partial charge >= 0.3 is 5.69 Å². The minimum Gasteiger partial charge on any atom is -1.00 e. The van der Waals surface area contributed by atoms with Gasteiger partial charge in [-0.25, -0.2) is 4.79 Å². The molecule has 3 heterocycles. The summed E-state index contributed by atoms with van der Waals surface area (Å²) in [5.41, 5.74) is -0.457. The molecule has 0 aliphatic carbocycles. The van der Waals surface area contributed by atoms with Gasteiger partial charge in [0.1, 0.15) is 18.9 Å². The van der Waals surface area contributed by atoms with Gasteiger partial charge in [0.15, 0.2) is 0 Å². The quantitative estimate of drug-likeness (QED) is 0.329. The minimum absolute atomic E-state index is 0. The van der Waals surface area contributed by atoms with Gasteiger partial charge in [-0.2, -0.15) is 0 Å². The van der Waals surface area contributed by atoms with Gasteiger partial charge in [-0.15, -0.1) is 0 Å². The average molecular weight is 481 g/mol. The molecule has 0 saturated carbocycles. The number of ether oxygens (including phenoxy) is 2. The smallest absolute Gasteiger partial charge is 0.330 e. The third-order valence-corrected chi connectivity index (χ3v) is 5.43. The third-order valence-electron chi connectivity index (χ3n) is 5.43. The number of nitrogens with zero attached hydrogens (tertiary/aromatic N) is 2. The lowest BCUT2D eigenvalue weighted by atomic mass is 10.2. The first-order valence-corrected chi connectivity index (χ1v) is 8.95. The van der Waals surface area contributed by atoms with Gasteiger partial charge in [0.25, 0.3) is 5.56 Å². The Morgan fingerprint density at radius 2 is 2.08 bits per heavy atom. The van der Waals surface area contributed by atoms with E-state index >= 15 is 0 Å². The van der Waals surface area contributed by atoms with E-state index in [1.54, 1.807) is 6.92 Å². The van der Waals surface area contributed by atoms with Gasteiger partial charge in [0.2, 0.25) is 0 Å². The van der Waals surface area contributed by atoms with Gasteiger partial charge in [-0.1, -0.05) is 0 Å². The highest BCUT2D eigenvalue weighted by molar-refractivity contribution is 5.02. The molecule has 2 N–H and O–H groups in total. The molecule has 0 radical (unpaired) electrons. The second-order valence-electron chi connectivity index (χ2n) is 7.43. The number of aryl methyl sites for hydroxylation is 1. The highest BCUT2D eigenvalue weighted by atomic mass is 127. The fraction of sp³-hybridized carbons (Fsp3) is 0.765. The molecule has 0 bridgehead atoms. The summed E-state index contributed by atoms with van der Waals surface area (Å²) in [6.07, 6.45) is 3.23. The van der Waals surface area contributed by atoms with E-state index in [0.717, 1.165) is 11.0 Å². The SMILES string of the molecule is Cc1cn([C@H]2C[C@H](OCC[N+]3(C)CCCC3)[C@@H](CO)O2)c(=O)[nH]c1=O.[I-]. The zero-order valence-electron chi connectivity index (χ0n) is 15.3. The van der Waals surface area contributed by atoms with E-state index in [1.165, 1.54) is 36.7 Å². The van der Waals surface area contributed by atoms with Gasteiger partial charge in [-0.05, 0) is 6.92 Å². The molecule has 3 atom stereocenters. The highest BCUT2D eigenvalue weighted by Crippen LogP contribution is 2.30. The van der Waals surface area contributed by atoms with Crippen LogP contribution in [0.4, 0.5) is 0 Å². The molecule has 148 valence electrons. The predicted molar refractivity (Wildman–Crippen MR) is 91.4 cm³/mol. The monoisotopic (exact) mass is 481 g/mol. The predicted octanol–water partition coefficient (Wildman–Crippen LogP) is -3.25. The average Bonchev–Trinajstić information content (AvgIpc) is 3.17. The molecule has 0 aromatic carbocycles. The summed E-state index contributed by atoms with van der Waals surface area (Å²) in [6.45, 7) is 5.39. The first-order valence-electron chi connectivity index (χ1n) is 8.95. The van der Waals surface area contributed by atoms with E-state index in [0.29, 0.717) is 18.6 Å². The molecular formula is C17H28IN3O5. The number of hydrogen-bond acceptors (Lipinski definition) is 5. The topological polar surface area (TPSA) is 93.6 Å². The Kier molecular flexibility index (Phi) is 7.43. The molecule has 0 spiro atoms. The maximum Gasteiger partial charge on any atom is 0.330 e. The van der Waals surface area contributed by atoms with Crippen molar-refractivity contribution in [3.8, 4) is 0 Å². The van der Waals surface area contributed by atoms with E-state index < -0.39 is 23.6 Å². The van der Waals surface area contributed by atoms with E-state index in [4.69, 9.17) is 9.47 Å². The molecule has 1 aromatic rings. The number of halogens is 1. The number of hydrogen-bond donors (Lipinski definition) is 2. The van der Waals surface area contributed by atoms with Crippen LogP contribution in [-0.4, -0.2) is 71.2 Å². The van der Waals surface area contributed by atoms with Crippen LogP contribution in [0.5, 0.6) is 0 Å². The second-order valence-corrected chi connectivity index (χ2v) is 7.43. The molecule has 3 rings (SSSR count). The van der Waals surface area contributed by atoms with Crippen molar-refractivity contribution in [2.45, 2.75) is 44.6 Å². The highest BCUT2D eigenvalue weighted by Gasteiger charge is 2.37. The van der Waals surface area contributed by atoms with Crippen molar-refractivity contribution in [1.29, 1.82) is 0 Å². The fourth-order valence-corrected chi connectivity index (χ4v) is 3.76. The number of likely N-dealkylation sites (N-methyl/N-ethyl adjacent to an activating group) is 1. The third kappa shape index (κ3) is 4.75. The Balaban J connectivity index is 0.00000243. The molecule has 2 aliphatic rings. The summed E-state index contributed by atoms with van der Waals surface area (Å²) in [7, 11) is 2.25. The molecule has 1 aromatic heterocycles. The first kappa shape index (κ1) is 21.5. The molecule has 0 unspecified atom stereocenters. The summed E-state index contributed by atoms with van der Waals surface area (Å²) in [6, 6.07) is 0. The Hall–Kier alpha value is -0.750. The molecule has 2 saturated heterocycles. The molecule has 8 nitrogen and oxygen atoms in total. The minimum atomic E-state index is -0.540. The normalized spacial score (nSPS) is 27.4. The van der Waals surface area contributed by atoms with Crippen molar-refractivity contribution in [2.75, 3.05) is 39.9 Å². The zero-order chi connectivity index (χ0) is 18.0. The summed E-state index contributed by atoms with van der Waals surface area (Å²) >= 11 is 0. The van der Waals surface area contributed by atoms with Crippen LogP contribution in [0, 0.1) is 6.92 Å². The van der Waals surface area contributed by atoms with E-state index in [-0.39, 0.29) is 36.7 Å². The van der Waals surface area contributed by atoms with Gasteiger partial charge in [0.05, 0.1) is 39.5 Å². The van der Waals surface area contributed by atoms with Crippen molar-refractivity contribution in [2.24, 2.45) is 0 Å². The number of nitrogens with one attached hydrogen (secondary N) is 1. The van der Waals surface area contributed by atoms with Crippen molar-refractivity contribution in [3.05, 3.63) is 32.6 Å². The zero-order valence-corrected chi connectivity index (χ0v) is 17.5. The molecule has 2 fully saturated rings. The Morgan fingerprint density at radius 3 is 2.73 bits per heavy atom. The van der Waals surface area contributed by atoms with Gasteiger partial charge in [-0.3, -0.25) is 14.3 Å². The lowest BCUT2D eigenvalue weighted by molar-refractivity contribution is -0.898. The van der Waals surface area contributed by atoms with Crippen LogP contribution < -0.4 is 35.2 Å². The Bertz CT molecular complexity index is 713. The summed E-state index contributed by atoms with van der Waals surface area (Å²) in [4.78, 5) is 25.8. The molecule has 26 heavy (non-hydrogen) atoms. The number of aliphatic hydroxyl groups excluding tert-OH is 1. The lowest BCUT2D eigenvalue weighted by Crippen LogP contribution is -3.00. The van der Waals surface area contributed by atoms with E-state index in [2.05, 4.69) is 12.0 Å². The number of H-pyrrole nitrogens is 1. The second kappa shape index (κ2) is 8.96. The van der Waals surface area contributed by atoms with Crippen molar-refractivity contribution in [1.82, 2.24) is 9.55 Å². The summed E-state index contributed by atoms with van der Waals surface area (Å²) in [5.74, 6) is 0. The molecular weight excluding hydrogens is 453 g/mol. The molecule has 0 amide bonds. The number of aliphatic hydroxyl groups is 1. The molecule has 9 heteroatoms. The van der Waals surface area contributed by atoms with Crippen LogP contribution in [0.1, 0.15) is 31.1 Å². The van der Waals surface area contributed by atoms with Gasteiger partial charge < -0.3 is 43.0 Å². The van der Waals surface area contributed by atoms with Crippen molar-refractivity contribution < 1.29 is 43.0 Å². The molecule has 2 aliphatic heterocycles. The van der Waals surface area contributed by atoms with Crippen LogP contribution in [0.2, 0.25) is 0 Å². The summed E-state index contributed by atoms with van der Waals surface area (Å²) < 4.78 is 14.2. The maximum absolute atomic E-state index is 12.0. The first-order chi connectivity index (χ1) is 11.9. The largest absolute Gasteiger partial charge is 1.00 e. The Morgan fingerprint density at radius 1 is 1.38 bits per heavy atom. The van der Waals surface area contributed by atoms with Crippen LogP contribution in [0.25, 0.3) is 0 Å². The standard InChI is InChI=1S/C17H27N3O5.HI/c1-12-10-19(17(23)18-16(12)22)15-9-13(14(11-21)25-15)24-8-7-20(2)5-3-4-6-20;/h10,13-15,21H,3-9,11H2,1-2H3;1H/t13-,14+,15+;/m0./s1. The number of rotatable bonds is 6. The number of likely N-dealkylation sites (tertiary alicyclic amines) is 1. The van der Waals surface area contributed by atoms with Crippen molar-refractivity contribution in [3.63, 3.8) is 0 Å². The summed E-state index contributed by atoms with van der Waals surface area (Å²) in [5, 5.41) is 9.58. The van der Waals surface area contributed by atoms with Crippen LogP contribution in [0.3, 0.4) is 0 Å². The van der Waals surface area contributed by atoms with E-state index in [1.807, 2.05) is 0 Å². The number of aromatic nitrogens is 2. The fourth-order valence-electron chi connectivity index (χ4n) is 3.76. The lowest BCUT2D eigenvalue weighted by Gasteiger charge is -2.29. The maximum atomic E-state index is 12.0. The van der Waals surface area contributed by atoms with Crippen molar-refractivity contribution >= 4 is 0 Å². The number of aromatic amines is 1. The number of quaternary nitrogens is 1. The van der Waals surface area contributed by atoms with Crippen LogP contribution in [-0.2, 0) is 9.47 Å². The van der Waals surface area contributed by atoms with E-state index in [9.17, 15) is 14.7 Å². The van der Waals surface area contributed by atoms with Gasteiger partial charge in [0, 0.05) is 31.0 Å². The van der Waals surface area contributed by atoms with Crippen LogP contribution in [0.15, 0.2) is 15.8 Å². The van der Waals surface area contributed by atoms with Crippen LogP contribution >= 0.6 is 0 Å².